The Labute approximate surface area is 140 Å². The van der Waals surface area contributed by atoms with E-state index >= 15 is 0 Å². The van der Waals surface area contributed by atoms with E-state index in [-0.39, 0.29) is 0 Å². The molecule has 2 rings (SSSR count). The number of halogens is 2. The van der Waals surface area contributed by atoms with Crippen molar-refractivity contribution in [2.75, 3.05) is 6.54 Å². The molecule has 0 amide bonds. The second-order valence-corrected chi connectivity index (χ2v) is 7.41. The van der Waals surface area contributed by atoms with Crippen molar-refractivity contribution >= 4 is 34.5 Å². The molecule has 2 nitrogen and oxygen atoms in total. The van der Waals surface area contributed by atoms with Crippen LogP contribution in [0.5, 0.6) is 5.75 Å². The van der Waals surface area contributed by atoms with Crippen molar-refractivity contribution in [3.8, 4) is 5.75 Å². The molecule has 2 aromatic rings. The number of nitrogens with one attached hydrogen (secondary N) is 1. The summed E-state index contributed by atoms with van der Waals surface area (Å²) in [5, 5.41) is 4.61. The summed E-state index contributed by atoms with van der Waals surface area (Å²) in [7, 11) is 0. The first-order valence-corrected chi connectivity index (χ1v) is 8.47. The van der Waals surface area contributed by atoms with Crippen LogP contribution >= 0.6 is 34.5 Å². The van der Waals surface area contributed by atoms with Crippen molar-refractivity contribution in [3.05, 3.63) is 50.1 Å². The lowest BCUT2D eigenvalue weighted by Gasteiger charge is -2.06. The average Bonchev–Trinajstić information content (AvgIpc) is 2.83. The van der Waals surface area contributed by atoms with Gasteiger partial charge in [-0.2, -0.15) is 0 Å². The highest BCUT2D eigenvalue weighted by molar-refractivity contribution is 7.11. The maximum absolute atomic E-state index is 5.95. The zero-order valence-electron chi connectivity index (χ0n) is 12.2. The van der Waals surface area contributed by atoms with Gasteiger partial charge in [-0.25, -0.2) is 0 Å². The molecule has 0 fully saturated rings. The van der Waals surface area contributed by atoms with Gasteiger partial charge in [0.15, 0.2) is 0 Å². The maximum atomic E-state index is 5.95. The largest absolute Gasteiger partial charge is 0.488 e. The molecule has 21 heavy (non-hydrogen) atoms. The first-order valence-electron chi connectivity index (χ1n) is 6.90. The van der Waals surface area contributed by atoms with E-state index in [4.69, 9.17) is 27.9 Å². The summed E-state index contributed by atoms with van der Waals surface area (Å²) >= 11 is 13.7. The van der Waals surface area contributed by atoms with E-state index in [1.54, 1.807) is 29.5 Å². The maximum Gasteiger partial charge on any atom is 0.122 e. The minimum atomic E-state index is 0.533. The van der Waals surface area contributed by atoms with Crippen LogP contribution in [0.25, 0.3) is 0 Å². The van der Waals surface area contributed by atoms with Crippen LogP contribution in [-0.2, 0) is 13.2 Å². The minimum Gasteiger partial charge on any atom is -0.488 e. The first kappa shape index (κ1) is 16.6. The van der Waals surface area contributed by atoms with Crippen LogP contribution in [0.15, 0.2) is 30.3 Å². The Morgan fingerprint density at radius 2 is 1.76 bits per heavy atom. The summed E-state index contributed by atoms with van der Waals surface area (Å²) in [4.78, 5) is 2.51. The van der Waals surface area contributed by atoms with Crippen LogP contribution in [0, 0.1) is 5.92 Å². The van der Waals surface area contributed by atoms with Gasteiger partial charge in [-0.3, -0.25) is 0 Å². The lowest BCUT2D eigenvalue weighted by Crippen LogP contribution is -2.18. The van der Waals surface area contributed by atoms with Gasteiger partial charge < -0.3 is 10.1 Å². The van der Waals surface area contributed by atoms with Gasteiger partial charge in [0.25, 0.3) is 0 Å². The van der Waals surface area contributed by atoms with Gasteiger partial charge >= 0.3 is 0 Å². The molecule has 114 valence electrons. The van der Waals surface area contributed by atoms with Crippen LogP contribution in [0.4, 0.5) is 0 Å². The van der Waals surface area contributed by atoms with Crippen molar-refractivity contribution in [3.63, 3.8) is 0 Å². The van der Waals surface area contributed by atoms with E-state index in [9.17, 15) is 0 Å². The molecule has 1 aromatic heterocycles. The highest BCUT2D eigenvalue weighted by Gasteiger charge is 2.04. The third-order valence-electron chi connectivity index (χ3n) is 2.79. The average molecular weight is 344 g/mol. The molecule has 0 saturated heterocycles. The molecular weight excluding hydrogens is 325 g/mol. The van der Waals surface area contributed by atoms with Crippen molar-refractivity contribution in [2.45, 2.75) is 27.0 Å². The van der Waals surface area contributed by atoms with Crippen LogP contribution < -0.4 is 10.1 Å². The predicted molar refractivity (Wildman–Crippen MR) is 91.7 cm³/mol. The lowest BCUT2D eigenvalue weighted by atomic mass is 10.2. The van der Waals surface area contributed by atoms with Gasteiger partial charge in [0, 0.05) is 26.3 Å². The predicted octanol–water partition coefficient (Wildman–Crippen LogP) is 5.38. The van der Waals surface area contributed by atoms with Crippen LogP contribution in [0.1, 0.15) is 23.6 Å². The van der Waals surface area contributed by atoms with Gasteiger partial charge in [-0.1, -0.05) is 37.0 Å². The summed E-state index contributed by atoms with van der Waals surface area (Å²) in [6, 6.07) is 9.47. The number of thiophene rings is 1. The smallest absolute Gasteiger partial charge is 0.122 e. The van der Waals surface area contributed by atoms with Gasteiger partial charge in [0.05, 0.1) is 0 Å². The normalized spacial score (nSPS) is 11.1. The Balaban J connectivity index is 1.85. The van der Waals surface area contributed by atoms with Crippen molar-refractivity contribution < 1.29 is 4.74 Å². The second-order valence-electron chi connectivity index (χ2n) is 5.29. The lowest BCUT2D eigenvalue weighted by molar-refractivity contribution is 0.310. The van der Waals surface area contributed by atoms with Crippen LogP contribution in [0.3, 0.4) is 0 Å². The molecule has 0 saturated carbocycles. The molecule has 0 bridgehead atoms. The zero-order chi connectivity index (χ0) is 15.2. The van der Waals surface area contributed by atoms with Crippen molar-refractivity contribution in [1.82, 2.24) is 5.32 Å². The van der Waals surface area contributed by atoms with Crippen molar-refractivity contribution in [2.24, 2.45) is 5.92 Å². The van der Waals surface area contributed by atoms with E-state index < -0.39 is 0 Å². The quantitative estimate of drug-likeness (QED) is 0.728. The number of benzene rings is 1. The molecule has 0 aliphatic rings. The number of hydrogen-bond donors (Lipinski definition) is 1. The summed E-state index contributed by atoms with van der Waals surface area (Å²) in [6.07, 6.45) is 0. The Kier molecular flexibility index (Phi) is 6.37. The summed E-state index contributed by atoms with van der Waals surface area (Å²) in [6.45, 7) is 6.88. The Bertz CT molecular complexity index is 563. The fraction of sp³-hybridized carbons (Fsp3) is 0.375. The first-order chi connectivity index (χ1) is 10.0. The van der Waals surface area contributed by atoms with Crippen molar-refractivity contribution in [1.29, 1.82) is 0 Å². The van der Waals surface area contributed by atoms with E-state index in [1.165, 1.54) is 9.75 Å². The SMILES string of the molecule is CC(C)CNCc1ccc(COc2cc(Cl)cc(Cl)c2)s1. The monoisotopic (exact) mass is 343 g/mol. The molecule has 0 atom stereocenters. The fourth-order valence-electron chi connectivity index (χ4n) is 1.85. The molecule has 0 aliphatic carbocycles. The molecule has 1 aromatic carbocycles. The fourth-order valence-corrected chi connectivity index (χ4v) is 3.25. The van der Waals surface area contributed by atoms with E-state index in [0.717, 1.165) is 13.1 Å². The molecule has 1 N–H and O–H groups in total. The van der Waals surface area contributed by atoms with E-state index in [2.05, 4.69) is 31.3 Å². The third kappa shape index (κ3) is 5.87. The minimum absolute atomic E-state index is 0.533. The van der Waals surface area contributed by atoms with Gasteiger partial charge in [-0.05, 0) is 42.8 Å². The highest BCUT2D eigenvalue weighted by Crippen LogP contribution is 2.26. The van der Waals surface area contributed by atoms with Gasteiger partial charge in [-0.15, -0.1) is 11.3 Å². The molecule has 0 unspecified atom stereocenters. The Morgan fingerprint density at radius 1 is 1.10 bits per heavy atom. The summed E-state index contributed by atoms with van der Waals surface area (Å²) in [5.41, 5.74) is 0. The van der Waals surface area contributed by atoms with E-state index in [1.807, 2.05) is 0 Å². The zero-order valence-corrected chi connectivity index (χ0v) is 14.5. The molecule has 0 spiro atoms. The molecule has 0 aliphatic heterocycles. The summed E-state index contributed by atoms with van der Waals surface area (Å²) in [5.74, 6) is 1.36. The Morgan fingerprint density at radius 3 is 2.43 bits per heavy atom. The molecule has 1 heterocycles. The number of ether oxygens (including phenoxy) is 1. The van der Waals surface area contributed by atoms with Crippen LogP contribution in [-0.4, -0.2) is 6.54 Å². The topological polar surface area (TPSA) is 21.3 Å². The highest BCUT2D eigenvalue weighted by atomic mass is 35.5. The molecule has 0 radical (unpaired) electrons. The van der Waals surface area contributed by atoms with E-state index in [0.29, 0.717) is 28.3 Å². The standard InChI is InChI=1S/C16H19Cl2NOS/c1-11(2)8-19-9-15-3-4-16(21-15)10-20-14-6-12(17)5-13(18)7-14/h3-7,11,19H,8-10H2,1-2H3. The van der Waals surface area contributed by atoms with Gasteiger partial charge in [0.2, 0.25) is 0 Å². The second kappa shape index (κ2) is 8.04. The van der Waals surface area contributed by atoms with Gasteiger partial charge in [0.1, 0.15) is 12.4 Å². The number of rotatable bonds is 7. The number of hydrogen-bond acceptors (Lipinski definition) is 3. The Hall–Kier alpha value is -0.740. The van der Waals surface area contributed by atoms with Crippen LogP contribution in [0.2, 0.25) is 10.0 Å². The molecule has 5 heteroatoms. The molecular formula is C16H19Cl2NOS. The third-order valence-corrected chi connectivity index (χ3v) is 4.28. The summed E-state index contributed by atoms with van der Waals surface area (Å²) < 4.78 is 5.73.